The van der Waals surface area contributed by atoms with Crippen LogP contribution < -0.4 is 0 Å². The van der Waals surface area contributed by atoms with Crippen LogP contribution in [-0.4, -0.2) is 37.0 Å². The van der Waals surface area contributed by atoms with Crippen LogP contribution in [0.25, 0.3) is 0 Å². The van der Waals surface area contributed by atoms with Gasteiger partial charge >= 0.3 is 5.97 Å². The summed E-state index contributed by atoms with van der Waals surface area (Å²) in [6.07, 6.45) is 4.73. The number of rotatable bonds is 2. The maximum absolute atomic E-state index is 12.8. The van der Waals surface area contributed by atoms with Crippen molar-refractivity contribution in [1.82, 2.24) is 4.90 Å². The van der Waals surface area contributed by atoms with Crippen molar-refractivity contribution in [1.29, 1.82) is 0 Å². The van der Waals surface area contributed by atoms with Gasteiger partial charge in [0.2, 0.25) is 0 Å². The Labute approximate surface area is 135 Å². The molecule has 120 valence electrons. The zero-order chi connectivity index (χ0) is 15.7. The van der Waals surface area contributed by atoms with Crippen molar-refractivity contribution >= 4 is 23.2 Å². The highest BCUT2D eigenvalue weighted by Gasteiger charge is 2.31. The first-order valence-electron chi connectivity index (χ1n) is 8.06. The number of amides is 1. The van der Waals surface area contributed by atoms with E-state index in [1.165, 1.54) is 24.0 Å². The number of likely N-dealkylation sites (tertiary alicyclic amines) is 1. The van der Waals surface area contributed by atoms with Crippen molar-refractivity contribution in [3.8, 4) is 0 Å². The zero-order valence-electron chi connectivity index (χ0n) is 13.3. The van der Waals surface area contributed by atoms with Gasteiger partial charge < -0.3 is 9.64 Å². The fourth-order valence-corrected chi connectivity index (χ4v) is 4.75. The fourth-order valence-electron chi connectivity index (χ4n) is 3.51. The summed E-state index contributed by atoms with van der Waals surface area (Å²) in [5, 5.41) is 2.04. The number of carbonyl (C=O) groups is 2. The van der Waals surface area contributed by atoms with Crippen LogP contribution in [0.4, 0.5) is 0 Å². The van der Waals surface area contributed by atoms with Crippen LogP contribution in [0, 0.1) is 11.8 Å². The number of piperidine rings is 1. The summed E-state index contributed by atoms with van der Waals surface area (Å²) in [6, 6.07) is 0. The molecule has 0 bridgehead atoms. The van der Waals surface area contributed by atoms with Crippen molar-refractivity contribution in [3.63, 3.8) is 0 Å². The number of methoxy groups -OCH3 is 1. The van der Waals surface area contributed by atoms with Gasteiger partial charge in [0.1, 0.15) is 0 Å². The zero-order valence-corrected chi connectivity index (χ0v) is 14.1. The molecule has 1 atom stereocenters. The number of carbonyl (C=O) groups excluding carboxylic acids is 2. The molecule has 2 aliphatic rings. The topological polar surface area (TPSA) is 46.6 Å². The SMILES string of the molecule is COC(=O)C1CCN(C(=O)c2csc3c2CC[C@H](C)C3)CC1. The van der Waals surface area contributed by atoms with Gasteiger partial charge in [0.25, 0.3) is 5.91 Å². The van der Waals surface area contributed by atoms with Gasteiger partial charge in [-0.3, -0.25) is 9.59 Å². The first kappa shape index (κ1) is 15.5. The highest BCUT2D eigenvalue weighted by molar-refractivity contribution is 7.10. The predicted molar refractivity (Wildman–Crippen MR) is 86.2 cm³/mol. The second-order valence-corrected chi connectivity index (χ2v) is 7.45. The van der Waals surface area contributed by atoms with Gasteiger partial charge in [-0.25, -0.2) is 0 Å². The molecule has 4 nitrogen and oxygen atoms in total. The summed E-state index contributed by atoms with van der Waals surface area (Å²) < 4.78 is 4.80. The Kier molecular flexibility index (Phi) is 4.52. The third-order valence-electron chi connectivity index (χ3n) is 4.95. The molecular formula is C17H23NO3S. The summed E-state index contributed by atoms with van der Waals surface area (Å²) in [5.41, 5.74) is 2.19. The Morgan fingerprint density at radius 3 is 2.68 bits per heavy atom. The molecule has 0 spiro atoms. The first-order chi connectivity index (χ1) is 10.6. The molecule has 0 saturated carbocycles. The lowest BCUT2D eigenvalue weighted by Crippen LogP contribution is -2.40. The molecule has 3 rings (SSSR count). The molecule has 0 unspecified atom stereocenters. The molecule has 1 aromatic heterocycles. The third kappa shape index (κ3) is 2.91. The lowest BCUT2D eigenvalue weighted by molar-refractivity contribution is -0.146. The van der Waals surface area contributed by atoms with Crippen molar-refractivity contribution in [2.75, 3.05) is 20.2 Å². The standard InChI is InChI=1S/C17H23NO3S/c1-11-3-4-13-14(10-22-15(13)9-11)16(19)18-7-5-12(6-8-18)17(20)21-2/h10-12H,3-9H2,1-2H3/t11-/m0/s1. The number of ether oxygens (including phenoxy) is 1. The van der Waals surface area contributed by atoms with Gasteiger partial charge in [-0.05, 0) is 43.6 Å². The third-order valence-corrected chi connectivity index (χ3v) is 6.00. The monoisotopic (exact) mass is 321 g/mol. The molecule has 0 radical (unpaired) electrons. The predicted octanol–water partition coefficient (Wildman–Crippen LogP) is 2.90. The van der Waals surface area contributed by atoms with E-state index in [-0.39, 0.29) is 17.8 Å². The Bertz CT molecular complexity index is 572. The van der Waals surface area contributed by atoms with Crippen molar-refractivity contribution < 1.29 is 14.3 Å². The Morgan fingerprint density at radius 1 is 1.27 bits per heavy atom. The molecule has 1 amide bonds. The van der Waals surface area contributed by atoms with Crippen LogP contribution in [0.1, 0.15) is 47.0 Å². The van der Waals surface area contributed by atoms with Gasteiger partial charge in [-0.1, -0.05) is 6.92 Å². The number of nitrogens with zero attached hydrogens (tertiary/aromatic N) is 1. The molecule has 1 saturated heterocycles. The van der Waals surface area contributed by atoms with Gasteiger partial charge in [0, 0.05) is 23.3 Å². The molecule has 1 aliphatic carbocycles. The number of hydrogen-bond donors (Lipinski definition) is 0. The maximum atomic E-state index is 12.8. The largest absolute Gasteiger partial charge is 0.469 e. The molecule has 5 heteroatoms. The van der Waals surface area contributed by atoms with Gasteiger partial charge in [-0.2, -0.15) is 0 Å². The summed E-state index contributed by atoms with van der Waals surface area (Å²) >= 11 is 1.74. The Morgan fingerprint density at radius 2 is 2.00 bits per heavy atom. The molecular weight excluding hydrogens is 298 g/mol. The van der Waals surface area contributed by atoms with Crippen LogP contribution in [-0.2, 0) is 22.4 Å². The smallest absolute Gasteiger partial charge is 0.308 e. The first-order valence-corrected chi connectivity index (χ1v) is 8.94. The second kappa shape index (κ2) is 6.41. The van der Waals surface area contributed by atoms with Gasteiger partial charge in [-0.15, -0.1) is 11.3 Å². The normalized spacial score (nSPS) is 22.3. The van der Waals surface area contributed by atoms with Crippen LogP contribution in [0.5, 0.6) is 0 Å². The van der Waals surface area contributed by atoms with Crippen LogP contribution in [0.2, 0.25) is 0 Å². The minimum atomic E-state index is -0.144. The van der Waals surface area contributed by atoms with E-state index in [4.69, 9.17) is 4.74 Å². The highest BCUT2D eigenvalue weighted by Crippen LogP contribution is 2.34. The maximum Gasteiger partial charge on any atom is 0.308 e. The summed E-state index contributed by atoms with van der Waals surface area (Å²) in [6.45, 7) is 3.58. The lowest BCUT2D eigenvalue weighted by Gasteiger charge is -2.31. The Balaban J connectivity index is 1.67. The average Bonchev–Trinajstić information content (AvgIpc) is 2.96. The van der Waals surface area contributed by atoms with E-state index in [0.717, 1.165) is 24.3 Å². The molecule has 1 aliphatic heterocycles. The van der Waals surface area contributed by atoms with Crippen molar-refractivity contribution in [2.45, 2.75) is 39.0 Å². The van der Waals surface area contributed by atoms with E-state index in [2.05, 4.69) is 6.92 Å². The number of hydrogen-bond acceptors (Lipinski definition) is 4. The summed E-state index contributed by atoms with van der Waals surface area (Å²) in [5.74, 6) is 0.681. The quantitative estimate of drug-likeness (QED) is 0.787. The van der Waals surface area contributed by atoms with E-state index >= 15 is 0 Å². The molecule has 1 fully saturated rings. The molecule has 2 heterocycles. The van der Waals surface area contributed by atoms with Crippen LogP contribution in [0.3, 0.4) is 0 Å². The van der Waals surface area contributed by atoms with E-state index in [9.17, 15) is 9.59 Å². The average molecular weight is 321 g/mol. The minimum absolute atomic E-state index is 0.0497. The van der Waals surface area contributed by atoms with Gasteiger partial charge in [0.15, 0.2) is 0 Å². The second-order valence-electron chi connectivity index (χ2n) is 6.49. The van der Waals surface area contributed by atoms with Crippen LogP contribution >= 0.6 is 11.3 Å². The molecule has 0 aromatic carbocycles. The fraction of sp³-hybridized carbons (Fsp3) is 0.647. The number of esters is 1. The summed E-state index contributed by atoms with van der Waals surface area (Å²) in [4.78, 5) is 27.6. The summed E-state index contributed by atoms with van der Waals surface area (Å²) in [7, 11) is 1.43. The van der Waals surface area contributed by atoms with Crippen molar-refractivity contribution in [3.05, 3.63) is 21.4 Å². The van der Waals surface area contributed by atoms with E-state index in [1.54, 1.807) is 11.3 Å². The highest BCUT2D eigenvalue weighted by atomic mass is 32.1. The van der Waals surface area contributed by atoms with Crippen LogP contribution in [0.15, 0.2) is 5.38 Å². The molecule has 0 N–H and O–H groups in total. The molecule has 22 heavy (non-hydrogen) atoms. The van der Waals surface area contributed by atoms with Crippen molar-refractivity contribution in [2.24, 2.45) is 11.8 Å². The molecule has 1 aromatic rings. The number of thiophene rings is 1. The minimum Gasteiger partial charge on any atom is -0.469 e. The van der Waals surface area contributed by atoms with E-state index in [0.29, 0.717) is 25.9 Å². The van der Waals surface area contributed by atoms with Gasteiger partial charge in [0.05, 0.1) is 18.6 Å². The van der Waals surface area contributed by atoms with E-state index < -0.39 is 0 Å². The lowest BCUT2D eigenvalue weighted by atomic mass is 9.88. The van der Waals surface area contributed by atoms with E-state index in [1.807, 2.05) is 10.3 Å². The number of fused-ring (bicyclic) bond motifs is 1. The Hall–Kier alpha value is -1.36.